The predicted molar refractivity (Wildman–Crippen MR) is 70.5 cm³/mol. The Morgan fingerprint density at radius 3 is 3.00 bits per heavy atom. The van der Waals surface area contributed by atoms with Gasteiger partial charge >= 0.3 is 0 Å². The Kier molecular flexibility index (Phi) is 2.74. The largest absolute Gasteiger partial charge is 0.399 e. The summed E-state index contributed by atoms with van der Waals surface area (Å²) >= 11 is 0. The SMILES string of the molecule is CC1CCC(C(=O)N2CCc3cc(N)ccc32)O1. The van der Waals surface area contributed by atoms with E-state index in [1.807, 2.05) is 30.0 Å². The van der Waals surface area contributed by atoms with Gasteiger partial charge in [0.15, 0.2) is 0 Å². The van der Waals surface area contributed by atoms with Crippen LogP contribution >= 0.6 is 0 Å². The van der Waals surface area contributed by atoms with Crippen molar-refractivity contribution in [3.8, 4) is 0 Å². The average molecular weight is 246 g/mol. The number of nitrogen functional groups attached to an aromatic ring is 1. The van der Waals surface area contributed by atoms with Crippen LogP contribution in [0.25, 0.3) is 0 Å². The smallest absolute Gasteiger partial charge is 0.256 e. The fraction of sp³-hybridized carbons (Fsp3) is 0.500. The Bertz CT molecular complexity index is 487. The standard InChI is InChI=1S/C14H18N2O2/c1-9-2-5-13(18-9)14(17)16-7-6-10-8-11(15)3-4-12(10)16/h3-4,8-9,13H,2,5-7,15H2,1H3. The molecule has 18 heavy (non-hydrogen) atoms. The summed E-state index contributed by atoms with van der Waals surface area (Å²) in [6.45, 7) is 2.76. The zero-order valence-electron chi connectivity index (χ0n) is 10.6. The van der Waals surface area contributed by atoms with Crippen molar-refractivity contribution in [2.45, 2.75) is 38.4 Å². The Hall–Kier alpha value is -1.55. The summed E-state index contributed by atoms with van der Waals surface area (Å²) in [7, 11) is 0. The molecule has 2 aliphatic rings. The molecule has 0 aromatic heterocycles. The predicted octanol–water partition coefficient (Wildman–Crippen LogP) is 1.73. The van der Waals surface area contributed by atoms with Gasteiger partial charge in [-0.15, -0.1) is 0 Å². The number of fused-ring (bicyclic) bond motifs is 1. The molecule has 0 saturated carbocycles. The summed E-state index contributed by atoms with van der Waals surface area (Å²) in [6.07, 6.45) is 2.63. The van der Waals surface area contributed by atoms with E-state index >= 15 is 0 Å². The molecule has 2 N–H and O–H groups in total. The van der Waals surface area contributed by atoms with Gasteiger partial charge in [-0.25, -0.2) is 0 Å². The quantitative estimate of drug-likeness (QED) is 0.768. The highest BCUT2D eigenvalue weighted by Crippen LogP contribution is 2.32. The van der Waals surface area contributed by atoms with Crippen molar-refractivity contribution < 1.29 is 9.53 Å². The lowest BCUT2D eigenvalue weighted by Gasteiger charge is -2.21. The second kappa shape index (κ2) is 4.28. The molecule has 2 heterocycles. The molecule has 4 nitrogen and oxygen atoms in total. The van der Waals surface area contributed by atoms with Gasteiger partial charge in [-0.2, -0.15) is 0 Å². The molecule has 2 atom stereocenters. The van der Waals surface area contributed by atoms with E-state index in [1.54, 1.807) is 0 Å². The molecule has 1 aromatic carbocycles. The lowest BCUT2D eigenvalue weighted by molar-refractivity contribution is -0.128. The van der Waals surface area contributed by atoms with E-state index in [9.17, 15) is 4.79 Å². The van der Waals surface area contributed by atoms with Crippen LogP contribution in [0.2, 0.25) is 0 Å². The molecular weight excluding hydrogens is 228 g/mol. The van der Waals surface area contributed by atoms with Gasteiger partial charge in [0.05, 0.1) is 6.10 Å². The minimum atomic E-state index is -0.261. The average Bonchev–Trinajstić information content (AvgIpc) is 2.94. The van der Waals surface area contributed by atoms with Crippen LogP contribution in [0, 0.1) is 0 Å². The highest BCUT2D eigenvalue weighted by molar-refractivity contribution is 5.98. The molecule has 3 rings (SSSR count). The summed E-state index contributed by atoms with van der Waals surface area (Å²) < 4.78 is 5.66. The van der Waals surface area contributed by atoms with Gasteiger partial charge in [0.1, 0.15) is 6.10 Å². The summed E-state index contributed by atoms with van der Waals surface area (Å²) in [4.78, 5) is 14.3. The van der Waals surface area contributed by atoms with Gasteiger partial charge in [-0.1, -0.05) is 0 Å². The highest BCUT2D eigenvalue weighted by atomic mass is 16.5. The topological polar surface area (TPSA) is 55.6 Å². The van der Waals surface area contributed by atoms with Crippen LogP contribution in [0.5, 0.6) is 0 Å². The number of nitrogens with two attached hydrogens (primary N) is 1. The zero-order valence-corrected chi connectivity index (χ0v) is 10.6. The third kappa shape index (κ3) is 1.86. The third-order valence-corrected chi connectivity index (χ3v) is 3.77. The van der Waals surface area contributed by atoms with Crippen molar-refractivity contribution in [1.82, 2.24) is 0 Å². The van der Waals surface area contributed by atoms with Crippen LogP contribution in [-0.2, 0) is 16.0 Å². The first-order valence-corrected chi connectivity index (χ1v) is 6.50. The molecular formula is C14H18N2O2. The Morgan fingerprint density at radius 1 is 1.44 bits per heavy atom. The van der Waals surface area contributed by atoms with E-state index < -0.39 is 0 Å². The molecule has 0 spiro atoms. The zero-order chi connectivity index (χ0) is 12.7. The van der Waals surface area contributed by atoms with Crippen molar-refractivity contribution in [3.05, 3.63) is 23.8 Å². The van der Waals surface area contributed by atoms with Crippen LogP contribution in [-0.4, -0.2) is 24.7 Å². The normalized spacial score (nSPS) is 26.4. The van der Waals surface area contributed by atoms with E-state index in [4.69, 9.17) is 10.5 Å². The van der Waals surface area contributed by atoms with E-state index in [0.717, 1.165) is 42.7 Å². The van der Waals surface area contributed by atoms with Gasteiger partial charge in [-0.3, -0.25) is 4.79 Å². The first-order chi connectivity index (χ1) is 8.65. The molecule has 1 saturated heterocycles. The minimum absolute atomic E-state index is 0.0999. The molecule has 0 bridgehead atoms. The number of hydrogen-bond acceptors (Lipinski definition) is 3. The van der Waals surface area contributed by atoms with E-state index in [2.05, 4.69) is 0 Å². The maximum absolute atomic E-state index is 12.4. The van der Waals surface area contributed by atoms with Crippen LogP contribution in [0.4, 0.5) is 11.4 Å². The number of carbonyl (C=O) groups is 1. The summed E-state index contributed by atoms with van der Waals surface area (Å²) in [6, 6.07) is 5.75. The third-order valence-electron chi connectivity index (χ3n) is 3.77. The van der Waals surface area contributed by atoms with Crippen molar-refractivity contribution in [2.24, 2.45) is 0 Å². The Labute approximate surface area is 107 Å². The van der Waals surface area contributed by atoms with Gasteiger partial charge < -0.3 is 15.4 Å². The molecule has 2 unspecified atom stereocenters. The highest BCUT2D eigenvalue weighted by Gasteiger charge is 2.34. The summed E-state index contributed by atoms with van der Waals surface area (Å²) in [5.74, 6) is 0.0999. The van der Waals surface area contributed by atoms with E-state index in [1.165, 1.54) is 0 Å². The summed E-state index contributed by atoms with van der Waals surface area (Å²) in [5, 5.41) is 0. The number of anilines is 2. The monoisotopic (exact) mass is 246 g/mol. The molecule has 1 amide bonds. The first kappa shape index (κ1) is 11.5. The van der Waals surface area contributed by atoms with E-state index in [-0.39, 0.29) is 18.1 Å². The number of amides is 1. The van der Waals surface area contributed by atoms with Crippen molar-refractivity contribution >= 4 is 17.3 Å². The number of ether oxygens (including phenoxy) is 1. The van der Waals surface area contributed by atoms with Gasteiger partial charge in [0.2, 0.25) is 0 Å². The fourth-order valence-electron chi connectivity index (χ4n) is 2.81. The molecule has 1 aromatic rings. The van der Waals surface area contributed by atoms with Crippen molar-refractivity contribution in [3.63, 3.8) is 0 Å². The number of carbonyl (C=O) groups excluding carboxylic acids is 1. The van der Waals surface area contributed by atoms with Crippen LogP contribution < -0.4 is 10.6 Å². The number of benzene rings is 1. The van der Waals surface area contributed by atoms with Crippen LogP contribution in [0.15, 0.2) is 18.2 Å². The summed E-state index contributed by atoms with van der Waals surface area (Å²) in [5.41, 5.74) is 8.68. The fourth-order valence-corrected chi connectivity index (χ4v) is 2.81. The van der Waals surface area contributed by atoms with Gasteiger partial charge in [-0.05, 0) is 49.9 Å². The van der Waals surface area contributed by atoms with Gasteiger partial charge in [0, 0.05) is 17.9 Å². The number of nitrogens with zero attached hydrogens (tertiary/aromatic N) is 1. The second-order valence-electron chi connectivity index (χ2n) is 5.14. The number of hydrogen-bond donors (Lipinski definition) is 1. The molecule has 1 fully saturated rings. The van der Waals surface area contributed by atoms with Crippen molar-refractivity contribution in [2.75, 3.05) is 17.2 Å². The Balaban J connectivity index is 1.81. The lowest BCUT2D eigenvalue weighted by atomic mass is 10.1. The second-order valence-corrected chi connectivity index (χ2v) is 5.14. The minimum Gasteiger partial charge on any atom is -0.399 e. The van der Waals surface area contributed by atoms with E-state index in [0.29, 0.717) is 0 Å². The molecule has 4 heteroatoms. The molecule has 2 aliphatic heterocycles. The van der Waals surface area contributed by atoms with Crippen molar-refractivity contribution in [1.29, 1.82) is 0 Å². The maximum atomic E-state index is 12.4. The molecule has 0 radical (unpaired) electrons. The maximum Gasteiger partial charge on any atom is 0.256 e. The lowest BCUT2D eigenvalue weighted by Crippen LogP contribution is -2.38. The van der Waals surface area contributed by atoms with Gasteiger partial charge in [0.25, 0.3) is 5.91 Å². The van der Waals surface area contributed by atoms with Crippen LogP contribution in [0.1, 0.15) is 25.3 Å². The molecule has 0 aliphatic carbocycles. The van der Waals surface area contributed by atoms with Crippen LogP contribution in [0.3, 0.4) is 0 Å². The Morgan fingerprint density at radius 2 is 2.28 bits per heavy atom. The molecule has 96 valence electrons. The first-order valence-electron chi connectivity index (χ1n) is 6.50. The number of rotatable bonds is 1.